The molecular weight excluding hydrogens is 304 g/mol. The third-order valence-corrected chi connectivity index (χ3v) is 4.36. The number of thiophene rings is 1. The Morgan fingerprint density at radius 2 is 2.19 bits per heavy atom. The van der Waals surface area contributed by atoms with E-state index in [0.717, 1.165) is 22.3 Å². The summed E-state index contributed by atoms with van der Waals surface area (Å²) in [6.07, 6.45) is 0.946. The van der Waals surface area contributed by atoms with Crippen molar-refractivity contribution in [1.29, 1.82) is 5.26 Å². The van der Waals surface area contributed by atoms with Crippen LogP contribution in [0, 0.1) is 11.3 Å². The minimum Gasteiger partial charge on any atom is -0.340 e. The number of anilines is 2. The second kappa shape index (κ2) is 5.68. The Bertz CT molecular complexity index is 850. The van der Waals surface area contributed by atoms with Gasteiger partial charge < -0.3 is 5.32 Å². The maximum Gasteiger partial charge on any atom is 0.225 e. The van der Waals surface area contributed by atoms with Crippen molar-refractivity contribution in [2.45, 2.75) is 13.3 Å². The van der Waals surface area contributed by atoms with E-state index < -0.39 is 0 Å². The second-order valence-corrected chi connectivity index (χ2v) is 5.90. The second-order valence-electron chi connectivity index (χ2n) is 4.44. The van der Waals surface area contributed by atoms with Gasteiger partial charge in [-0.25, -0.2) is 4.98 Å². The summed E-state index contributed by atoms with van der Waals surface area (Å²) in [5.41, 5.74) is 1.39. The number of benzene rings is 1. The zero-order valence-corrected chi connectivity index (χ0v) is 12.8. The lowest BCUT2D eigenvalue weighted by Gasteiger charge is -2.07. The molecule has 21 heavy (non-hydrogen) atoms. The molecule has 0 fully saturated rings. The molecular formula is C15H11ClN4S. The number of nitrogens with one attached hydrogen (secondary N) is 1. The van der Waals surface area contributed by atoms with Gasteiger partial charge in [-0.05, 0) is 42.3 Å². The van der Waals surface area contributed by atoms with Crippen LogP contribution in [0.2, 0.25) is 5.28 Å². The van der Waals surface area contributed by atoms with Gasteiger partial charge in [0.05, 0.1) is 17.0 Å². The zero-order chi connectivity index (χ0) is 14.8. The standard InChI is InChI=1S/C15H11ClN4S/c1-2-11-7-12-13(19-15(16)20-14(12)21-11)18-10-5-3-4-9(6-10)8-17/h3-7H,2H2,1H3,(H,18,19,20). The normalized spacial score (nSPS) is 10.5. The van der Waals surface area contributed by atoms with Crippen LogP contribution >= 0.6 is 22.9 Å². The Labute approximate surface area is 131 Å². The molecule has 4 nitrogen and oxygen atoms in total. The van der Waals surface area contributed by atoms with Crippen LogP contribution in [0.3, 0.4) is 0 Å². The van der Waals surface area contributed by atoms with E-state index in [4.69, 9.17) is 16.9 Å². The number of aromatic nitrogens is 2. The van der Waals surface area contributed by atoms with Crippen molar-refractivity contribution in [2.75, 3.05) is 5.32 Å². The number of nitriles is 1. The largest absolute Gasteiger partial charge is 0.340 e. The maximum absolute atomic E-state index is 8.96. The Kier molecular flexibility index (Phi) is 3.74. The summed E-state index contributed by atoms with van der Waals surface area (Å²) in [7, 11) is 0. The van der Waals surface area contributed by atoms with Gasteiger partial charge in [-0.2, -0.15) is 10.2 Å². The number of halogens is 1. The van der Waals surface area contributed by atoms with Crippen LogP contribution in [0.25, 0.3) is 10.2 Å². The van der Waals surface area contributed by atoms with Gasteiger partial charge in [-0.3, -0.25) is 0 Å². The summed E-state index contributed by atoms with van der Waals surface area (Å²) in [5, 5.41) is 13.3. The Hall–Kier alpha value is -2.16. The lowest BCUT2D eigenvalue weighted by Crippen LogP contribution is -1.96. The van der Waals surface area contributed by atoms with Crippen molar-refractivity contribution in [2.24, 2.45) is 0 Å². The lowest BCUT2D eigenvalue weighted by molar-refractivity contribution is 1.19. The summed E-state index contributed by atoms with van der Waals surface area (Å²) >= 11 is 7.61. The molecule has 0 aliphatic heterocycles. The van der Waals surface area contributed by atoms with Crippen LogP contribution < -0.4 is 5.32 Å². The van der Waals surface area contributed by atoms with Gasteiger partial charge >= 0.3 is 0 Å². The number of hydrogen-bond acceptors (Lipinski definition) is 5. The van der Waals surface area contributed by atoms with E-state index in [2.05, 4.69) is 34.3 Å². The molecule has 3 rings (SSSR count). The van der Waals surface area contributed by atoms with E-state index in [9.17, 15) is 0 Å². The van der Waals surface area contributed by atoms with E-state index in [-0.39, 0.29) is 5.28 Å². The summed E-state index contributed by atoms with van der Waals surface area (Å²) in [5.74, 6) is 0.663. The fourth-order valence-corrected chi connectivity index (χ4v) is 3.20. The molecule has 0 atom stereocenters. The highest BCUT2D eigenvalue weighted by Gasteiger charge is 2.11. The number of nitrogens with zero attached hydrogens (tertiary/aromatic N) is 3. The molecule has 0 bridgehead atoms. The van der Waals surface area contributed by atoms with Gasteiger partial charge in [0.2, 0.25) is 5.28 Å². The van der Waals surface area contributed by atoms with Crippen molar-refractivity contribution in [3.63, 3.8) is 0 Å². The summed E-state index contributed by atoms with van der Waals surface area (Å²) in [6.45, 7) is 2.10. The first-order valence-corrected chi connectivity index (χ1v) is 7.62. The fraction of sp³-hybridized carbons (Fsp3) is 0.133. The van der Waals surface area contributed by atoms with Gasteiger partial charge in [-0.1, -0.05) is 13.0 Å². The minimum absolute atomic E-state index is 0.214. The molecule has 104 valence electrons. The predicted molar refractivity (Wildman–Crippen MR) is 86.2 cm³/mol. The van der Waals surface area contributed by atoms with Gasteiger partial charge in [0.15, 0.2) is 0 Å². The average molecular weight is 315 g/mol. The summed E-state index contributed by atoms with van der Waals surface area (Å²) in [4.78, 5) is 10.6. The van der Waals surface area contributed by atoms with E-state index in [0.29, 0.717) is 11.4 Å². The van der Waals surface area contributed by atoms with Crippen LogP contribution in [-0.4, -0.2) is 9.97 Å². The van der Waals surface area contributed by atoms with Gasteiger partial charge in [-0.15, -0.1) is 11.3 Å². The van der Waals surface area contributed by atoms with Crippen molar-refractivity contribution in [3.8, 4) is 6.07 Å². The quantitative estimate of drug-likeness (QED) is 0.722. The third-order valence-electron chi connectivity index (χ3n) is 3.02. The average Bonchev–Trinajstić information content (AvgIpc) is 2.90. The SMILES string of the molecule is CCc1cc2c(Nc3cccc(C#N)c3)nc(Cl)nc2s1. The molecule has 0 radical (unpaired) electrons. The van der Waals surface area contributed by atoms with Gasteiger partial charge in [0, 0.05) is 10.6 Å². The Balaban J connectivity index is 2.07. The van der Waals surface area contributed by atoms with Crippen LogP contribution in [-0.2, 0) is 6.42 Å². The molecule has 6 heteroatoms. The first kappa shape index (κ1) is 13.8. The number of rotatable bonds is 3. The monoisotopic (exact) mass is 314 g/mol. The first-order valence-electron chi connectivity index (χ1n) is 6.42. The van der Waals surface area contributed by atoms with Crippen molar-refractivity contribution in [1.82, 2.24) is 9.97 Å². The fourth-order valence-electron chi connectivity index (χ4n) is 2.02. The predicted octanol–water partition coefficient (Wildman–Crippen LogP) is 4.52. The molecule has 1 N–H and O–H groups in total. The molecule has 0 aliphatic carbocycles. The Morgan fingerprint density at radius 1 is 1.33 bits per heavy atom. The zero-order valence-electron chi connectivity index (χ0n) is 11.2. The molecule has 1 aromatic carbocycles. The minimum atomic E-state index is 0.214. The first-order chi connectivity index (χ1) is 10.2. The van der Waals surface area contributed by atoms with Crippen molar-refractivity contribution < 1.29 is 0 Å². The molecule has 2 heterocycles. The third kappa shape index (κ3) is 2.82. The molecule has 0 spiro atoms. The molecule has 0 amide bonds. The van der Waals surface area contributed by atoms with Crippen molar-refractivity contribution >= 4 is 44.7 Å². The van der Waals surface area contributed by atoms with E-state index in [1.165, 1.54) is 4.88 Å². The van der Waals surface area contributed by atoms with E-state index >= 15 is 0 Å². The molecule has 2 aromatic heterocycles. The van der Waals surface area contributed by atoms with Crippen molar-refractivity contribution in [3.05, 3.63) is 46.1 Å². The topological polar surface area (TPSA) is 61.6 Å². The van der Waals surface area contributed by atoms with Crippen LogP contribution in [0.4, 0.5) is 11.5 Å². The van der Waals surface area contributed by atoms with Crippen LogP contribution in [0.5, 0.6) is 0 Å². The molecule has 0 saturated carbocycles. The molecule has 0 saturated heterocycles. The van der Waals surface area contributed by atoms with Crippen LogP contribution in [0.15, 0.2) is 30.3 Å². The number of aryl methyl sites for hydroxylation is 1. The molecule has 0 aliphatic rings. The highest BCUT2D eigenvalue weighted by atomic mass is 35.5. The summed E-state index contributed by atoms with van der Waals surface area (Å²) < 4.78 is 0. The Morgan fingerprint density at radius 3 is 2.95 bits per heavy atom. The number of fused-ring (bicyclic) bond motifs is 1. The van der Waals surface area contributed by atoms with Gasteiger partial charge in [0.1, 0.15) is 10.6 Å². The van der Waals surface area contributed by atoms with Crippen LogP contribution in [0.1, 0.15) is 17.4 Å². The van der Waals surface area contributed by atoms with E-state index in [1.54, 1.807) is 23.5 Å². The highest BCUT2D eigenvalue weighted by Crippen LogP contribution is 2.31. The molecule has 0 unspecified atom stereocenters. The lowest BCUT2D eigenvalue weighted by atomic mass is 10.2. The molecule has 3 aromatic rings. The number of hydrogen-bond donors (Lipinski definition) is 1. The maximum atomic E-state index is 8.96. The highest BCUT2D eigenvalue weighted by molar-refractivity contribution is 7.18. The summed E-state index contributed by atoms with van der Waals surface area (Å²) in [6, 6.07) is 11.4. The smallest absolute Gasteiger partial charge is 0.225 e. The van der Waals surface area contributed by atoms with Gasteiger partial charge in [0.25, 0.3) is 0 Å². The van der Waals surface area contributed by atoms with E-state index in [1.807, 2.05) is 12.1 Å².